The minimum absolute atomic E-state index is 0.00393. The zero-order chi connectivity index (χ0) is 24.8. The van der Waals surface area contributed by atoms with E-state index in [1.165, 1.54) is 13.8 Å². The number of hydrogen-bond donors (Lipinski definition) is 4. The van der Waals surface area contributed by atoms with E-state index in [-0.39, 0.29) is 23.9 Å². The summed E-state index contributed by atoms with van der Waals surface area (Å²) in [6, 6.07) is 0.0848. The lowest BCUT2D eigenvalue weighted by Crippen LogP contribution is -2.28. The summed E-state index contributed by atoms with van der Waals surface area (Å²) in [4.78, 5) is 21.0. The van der Waals surface area contributed by atoms with E-state index >= 15 is 0 Å². The number of aliphatic hydroxyl groups is 2. The van der Waals surface area contributed by atoms with Gasteiger partial charge in [0, 0.05) is 30.6 Å². The van der Waals surface area contributed by atoms with Gasteiger partial charge in [-0.25, -0.2) is 9.97 Å². The van der Waals surface area contributed by atoms with Crippen molar-refractivity contribution >= 4 is 40.3 Å². The molecule has 0 spiro atoms. The molecular formula is C22H37Cl2N5O3. The zero-order valence-corrected chi connectivity index (χ0v) is 21.5. The first-order chi connectivity index (χ1) is 14.8. The quantitative estimate of drug-likeness (QED) is 0.383. The predicted octanol–water partition coefficient (Wildman–Crippen LogP) is 3.69. The van der Waals surface area contributed by atoms with Crippen LogP contribution < -0.4 is 11.1 Å². The maximum Gasteiger partial charge on any atom is 0.223 e. The highest BCUT2D eigenvalue weighted by Crippen LogP contribution is 2.41. The number of hydrogen-bond acceptors (Lipinski definition) is 6. The molecule has 1 aliphatic carbocycles. The van der Waals surface area contributed by atoms with Gasteiger partial charge in [0.25, 0.3) is 0 Å². The largest absolute Gasteiger partial charge is 0.366 e. The maximum absolute atomic E-state index is 12.1. The van der Waals surface area contributed by atoms with Crippen molar-refractivity contribution in [1.82, 2.24) is 19.9 Å². The fourth-order valence-corrected chi connectivity index (χ4v) is 4.37. The molecule has 5 N–H and O–H groups in total. The van der Waals surface area contributed by atoms with E-state index < -0.39 is 5.79 Å². The Morgan fingerprint density at radius 2 is 1.91 bits per heavy atom. The average Bonchev–Trinajstić information content (AvgIpc) is 3.28. The summed E-state index contributed by atoms with van der Waals surface area (Å²) in [7, 11) is 1.68. The van der Waals surface area contributed by atoms with Crippen LogP contribution in [-0.2, 0) is 11.2 Å². The first-order valence-electron chi connectivity index (χ1n) is 11.0. The molecule has 1 saturated carbocycles. The van der Waals surface area contributed by atoms with E-state index in [1.807, 2.05) is 25.3 Å². The van der Waals surface area contributed by atoms with Crippen molar-refractivity contribution in [2.45, 2.75) is 78.7 Å². The van der Waals surface area contributed by atoms with Gasteiger partial charge in [-0.15, -0.1) is 0 Å². The number of rotatable bonds is 4. The first kappa shape index (κ1) is 28.6. The van der Waals surface area contributed by atoms with Gasteiger partial charge in [0.2, 0.25) is 5.91 Å². The van der Waals surface area contributed by atoms with Crippen LogP contribution in [0.25, 0.3) is 11.2 Å². The normalized spacial score (nSPS) is 21.3. The number of carbonyl (C=O) groups is 1. The SMILES string of the molecule is CC.CC(C)(O)O.CNC(=O)[C@H]1CC(n2cnc3c(Cl)c(CC(C)N)c(Cl)nc32)CC1C. The molecule has 10 heteroatoms. The number of nitrogens with one attached hydrogen (secondary N) is 1. The number of aromatic nitrogens is 3. The molecule has 2 heterocycles. The van der Waals surface area contributed by atoms with Crippen molar-refractivity contribution in [3.63, 3.8) is 0 Å². The van der Waals surface area contributed by atoms with Crippen molar-refractivity contribution in [1.29, 1.82) is 0 Å². The molecule has 4 atom stereocenters. The Morgan fingerprint density at radius 1 is 1.34 bits per heavy atom. The Hall–Kier alpha value is -1.45. The predicted molar refractivity (Wildman–Crippen MR) is 130 cm³/mol. The second-order valence-corrected chi connectivity index (χ2v) is 9.25. The van der Waals surface area contributed by atoms with Gasteiger partial charge in [-0.3, -0.25) is 4.79 Å². The van der Waals surface area contributed by atoms with Crippen LogP contribution in [-0.4, -0.2) is 49.5 Å². The van der Waals surface area contributed by atoms with Crippen LogP contribution in [0.5, 0.6) is 0 Å². The summed E-state index contributed by atoms with van der Waals surface area (Å²) in [6.45, 7) is 10.6. The number of amides is 1. The van der Waals surface area contributed by atoms with E-state index in [9.17, 15) is 4.79 Å². The molecule has 32 heavy (non-hydrogen) atoms. The smallest absolute Gasteiger partial charge is 0.223 e. The van der Waals surface area contributed by atoms with Crippen molar-refractivity contribution < 1.29 is 15.0 Å². The molecule has 1 fully saturated rings. The van der Waals surface area contributed by atoms with Crippen LogP contribution >= 0.6 is 23.2 Å². The summed E-state index contributed by atoms with van der Waals surface area (Å²) < 4.78 is 2.00. The lowest BCUT2D eigenvalue weighted by Gasteiger charge is -2.14. The van der Waals surface area contributed by atoms with Crippen LogP contribution in [0.4, 0.5) is 0 Å². The fraction of sp³-hybridized carbons (Fsp3) is 0.682. The minimum Gasteiger partial charge on any atom is -0.366 e. The van der Waals surface area contributed by atoms with Crippen molar-refractivity contribution in [3.8, 4) is 0 Å². The van der Waals surface area contributed by atoms with Gasteiger partial charge >= 0.3 is 0 Å². The van der Waals surface area contributed by atoms with Crippen molar-refractivity contribution in [2.24, 2.45) is 17.6 Å². The van der Waals surface area contributed by atoms with Gasteiger partial charge in [0.15, 0.2) is 11.4 Å². The van der Waals surface area contributed by atoms with Gasteiger partial charge in [-0.05, 0) is 46.0 Å². The number of fused-ring (bicyclic) bond motifs is 1. The number of carbonyl (C=O) groups excluding carboxylic acids is 1. The second kappa shape index (κ2) is 12.1. The highest BCUT2D eigenvalue weighted by molar-refractivity contribution is 6.38. The molecule has 2 aromatic rings. The summed E-state index contributed by atoms with van der Waals surface area (Å²) in [5, 5.41) is 19.8. The number of nitrogens with two attached hydrogens (primary N) is 1. The number of nitrogens with zero attached hydrogens (tertiary/aromatic N) is 3. The number of halogens is 2. The Kier molecular flexibility index (Phi) is 10.8. The van der Waals surface area contributed by atoms with Crippen molar-refractivity contribution in [2.75, 3.05) is 7.05 Å². The summed E-state index contributed by atoms with van der Waals surface area (Å²) in [5.74, 6) is -1.12. The average molecular weight is 490 g/mol. The Bertz CT molecular complexity index is 890. The van der Waals surface area contributed by atoms with Crippen LogP contribution in [0.2, 0.25) is 10.2 Å². The summed E-state index contributed by atoms with van der Waals surface area (Å²) in [6.07, 6.45) is 3.94. The van der Waals surface area contributed by atoms with Gasteiger partial charge < -0.3 is 25.8 Å². The molecule has 3 rings (SSSR count). The third kappa shape index (κ3) is 7.56. The Morgan fingerprint density at radius 3 is 2.41 bits per heavy atom. The first-order valence-corrected chi connectivity index (χ1v) is 11.7. The van der Waals surface area contributed by atoms with E-state index in [0.717, 1.165) is 18.4 Å². The zero-order valence-electron chi connectivity index (χ0n) is 20.0. The fourth-order valence-electron chi connectivity index (χ4n) is 3.77. The monoisotopic (exact) mass is 489 g/mol. The molecule has 2 aromatic heterocycles. The van der Waals surface area contributed by atoms with Crippen LogP contribution in [0.1, 0.15) is 66.0 Å². The highest BCUT2D eigenvalue weighted by atomic mass is 35.5. The number of pyridine rings is 1. The van der Waals surface area contributed by atoms with E-state index in [2.05, 4.69) is 22.2 Å². The van der Waals surface area contributed by atoms with Gasteiger partial charge in [0.1, 0.15) is 10.7 Å². The second-order valence-electron chi connectivity index (χ2n) is 8.52. The van der Waals surface area contributed by atoms with Crippen LogP contribution in [0.15, 0.2) is 6.33 Å². The van der Waals surface area contributed by atoms with E-state index in [4.69, 9.17) is 39.1 Å². The standard InChI is InChI=1S/C17H23Cl2N5O.C3H8O2.C2H6/c1-8-4-10(6-11(8)17(25)21-3)24-7-22-14-13(18)12(5-9(2)20)15(19)23-16(14)24;1-3(2,4)5;1-2/h7-11H,4-6,20H2,1-3H3,(H,21,25);4-5H,1-2H3;1-2H3/t8?,9?,10?,11-;;/m0../s1. The molecule has 0 aliphatic heterocycles. The Labute approximate surface area is 200 Å². The van der Waals surface area contributed by atoms with Gasteiger partial charge in [-0.1, -0.05) is 44.0 Å². The Balaban J connectivity index is 0.000000646. The van der Waals surface area contributed by atoms with E-state index in [0.29, 0.717) is 33.7 Å². The maximum atomic E-state index is 12.1. The molecule has 1 amide bonds. The molecule has 0 bridgehead atoms. The molecule has 0 aromatic carbocycles. The van der Waals surface area contributed by atoms with E-state index in [1.54, 1.807) is 13.4 Å². The molecule has 8 nitrogen and oxygen atoms in total. The lowest BCUT2D eigenvalue weighted by molar-refractivity contribution is -0.127. The molecule has 3 unspecified atom stereocenters. The third-order valence-electron chi connectivity index (χ3n) is 5.05. The lowest BCUT2D eigenvalue weighted by atomic mass is 9.97. The van der Waals surface area contributed by atoms with Crippen LogP contribution in [0.3, 0.4) is 0 Å². The third-order valence-corrected chi connectivity index (χ3v) is 5.77. The molecule has 1 aliphatic rings. The molecular weight excluding hydrogens is 453 g/mol. The molecule has 0 radical (unpaired) electrons. The topological polar surface area (TPSA) is 126 Å². The van der Waals surface area contributed by atoms with Crippen LogP contribution in [0, 0.1) is 11.8 Å². The molecule has 182 valence electrons. The highest BCUT2D eigenvalue weighted by Gasteiger charge is 2.37. The summed E-state index contributed by atoms with van der Waals surface area (Å²) >= 11 is 12.9. The number of imidazole rings is 1. The van der Waals surface area contributed by atoms with Gasteiger partial charge in [-0.2, -0.15) is 0 Å². The molecule has 0 saturated heterocycles. The van der Waals surface area contributed by atoms with Crippen molar-refractivity contribution in [3.05, 3.63) is 22.1 Å². The summed E-state index contributed by atoms with van der Waals surface area (Å²) in [5.41, 5.74) is 7.91. The van der Waals surface area contributed by atoms with Gasteiger partial charge in [0.05, 0.1) is 11.3 Å². The minimum atomic E-state index is -1.50.